The van der Waals surface area contributed by atoms with Gasteiger partial charge < -0.3 is 10.6 Å². The van der Waals surface area contributed by atoms with Crippen LogP contribution in [-0.4, -0.2) is 17.4 Å². The van der Waals surface area contributed by atoms with Crippen LogP contribution in [0.4, 0.5) is 11.5 Å². The molecule has 0 fully saturated rings. The average Bonchev–Trinajstić information content (AvgIpc) is 2.83. The first-order valence-corrected chi connectivity index (χ1v) is 10.3. The van der Waals surface area contributed by atoms with Gasteiger partial charge in [-0.1, -0.05) is 72.8 Å². The number of pyridine rings is 1. The van der Waals surface area contributed by atoms with Gasteiger partial charge in [-0.15, -0.1) is 0 Å². The zero-order valence-corrected chi connectivity index (χ0v) is 17.7. The van der Waals surface area contributed by atoms with E-state index in [9.17, 15) is 10.1 Å². The summed E-state index contributed by atoms with van der Waals surface area (Å²) in [5.41, 5.74) is 5.53. The van der Waals surface area contributed by atoms with E-state index in [-0.39, 0.29) is 12.5 Å². The average molecular weight is 419 g/mol. The van der Waals surface area contributed by atoms with Gasteiger partial charge in [-0.05, 0) is 36.2 Å². The Kier molecular flexibility index (Phi) is 6.24. The number of hydrogen-bond acceptors (Lipinski definition) is 4. The fraction of sp³-hybridized carbons (Fsp3) is 0.0741. The molecular formula is C27H22N4O. The number of aromatic nitrogens is 1. The Balaban J connectivity index is 1.67. The van der Waals surface area contributed by atoms with Crippen LogP contribution in [0, 0.1) is 18.3 Å². The molecule has 4 rings (SSSR count). The molecule has 0 spiro atoms. The van der Waals surface area contributed by atoms with Crippen molar-refractivity contribution < 1.29 is 4.79 Å². The molecule has 1 heterocycles. The van der Waals surface area contributed by atoms with E-state index in [0.717, 1.165) is 33.6 Å². The monoisotopic (exact) mass is 418 g/mol. The van der Waals surface area contributed by atoms with E-state index in [1.807, 2.05) is 97.9 Å². The third-order valence-electron chi connectivity index (χ3n) is 5.00. The van der Waals surface area contributed by atoms with Crippen molar-refractivity contribution in [2.24, 2.45) is 0 Å². The van der Waals surface area contributed by atoms with Crippen molar-refractivity contribution >= 4 is 17.4 Å². The molecule has 0 atom stereocenters. The molecule has 0 aliphatic heterocycles. The number of hydrogen-bond donors (Lipinski definition) is 2. The van der Waals surface area contributed by atoms with Crippen molar-refractivity contribution in [1.82, 2.24) is 4.98 Å². The third-order valence-corrected chi connectivity index (χ3v) is 5.00. The predicted octanol–water partition coefficient (Wildman–Crippen LogP) is 5.65. The Morgan fingerprint density at radius 3 is 2.25 bits per heavy atom. The predicted molar refractivity (Wildman–Crippen MR) is 128 cm³/mol. The molecule has 5 heteroatoms. The van der Waals surface area contributed by atoms with E-state index < -0.39 is 0 Å². The van der Waals surface area contributed by atoms with Crippen LogP contribution in [0.25, 0.3) is 22.4 Å². The topological polar surface area (TPSA) is 77.8 Å². The van der Waals surface area contributed by atoms with E-state index in [0.29, 0.717) is 11.4 Å². The number of benzene rings is 3. The summed E-state index contributed by atoms with van der Waals surface area (Å²) in [6.45, 7) is 1.96. The number of nitrogens with one attached hydrogen (secondary N) is 2. The van der Waals surface area contributed by atoms with Gasteiger partial charge >= 0.3 is 0 Å². The van der Waals surface area contributed by atoms with Crippen LogP contribution < -0.4 is 10.6 Å². The van der Waals surface area contributed by atoms with Gasteiger partial charge in [0, 0.05) is 16.8 Å². The lowest BCUT2D eigenvalue weighted by Gasteiger charge is -2.14. The number of carbonyl (C=O) groups is 1. The minimum Gasteiger partial charge on any atom is -0.360 e. The van der Waals surface area contributed by atoms with Gasteiger partial charge in [0.25, 0.3) is 0 Å². The summed E-state index contributed by atoms with van der Waals surface area (Å²) in [6, 6.07) is 31.3. The maximum Gasteiger partial charge on any atom is 0.243 e. The Morgan fingerprint density at radius 1 is 0.906 bits per heavy atom. The maximum atomic E-state index is 12.5. The van der Waals surface area contributed by atoms with E-state index >= 15 is 0 Å². The van der Waals surface area contributed by atoms with Gasteiger partial charge in [0.1, 0.15) is 17.5 Å². The molecule has 0 radical (unpaired) electrons. The van der Waals surface area contributed by atoms with Crippen LogP contribution in [-0.2, 0) is 4.79 Å². The van der Waals surface area contributed by atoms with Crippen molar-refractivity contribution in [3.63, 3.8) is 0 Å². The van der Waals surface area contributed by atoms with E-state index in [2.05, 4.69) is 21.7 Å². The van der Waals surface area contributed by atoms with Gasteiger partial charge in [-0.2, -0.15) is 5.26 Å². The van der Waals surface area contributed by atoms with E-state index in [1.54, 1.807) is 0 Å². The Hall–Kier alpha value is -4.43. The number of amides is 1. The molecule has 4 aromatic rings. The molecule has 0 saturated carbocycles. The molecule has 0 saturated heterocycles. The van der Waals surface area contributed by atoms with Crippen molar-refractivity contribution in [3.8, 4) is 28.5 Å². The van der Waals surface area contributed by atoms with Crippen LogP contribution in [0.5, 0.6) is 0 Å². The summed E-state index contributed by atoms with van der Waals surface area (Å²) in [6.07, 6.45) is 0. The van der Waals surface area contributed by atoms with Gasteiger partial charge in [-0.25, -0.2) is 4.98 Å². The Bertz CT molecular complexity index is 1280. The van der Waals surface area contributed by atoms with Crippen LogP contribution >= 0.6 is 0 Å². The van der Waals surface area contributed by atoms with Gasteiger partial charge in [0.05, 0.1) is 12.2 Å². The summed E-state index contributed by atoms with van der Waals surface area (Å²) >= 11 is 0. The van der Waals surface area contributed by atoms with Crippen molar-refractivity contribution in [2.45, 2.75) is 6.92 Å². The second-order valence-corrected chi connectivity index (χ2v) is 7.39. The molecule has 1 amide bonds. The van der Waals surface area contributed by atoms with Crippen LogP contribution in [0.1, 0.15) is 11.1 Å². The van der Waals surface area contributed by atoms with Gasteiger partial charge in [0.2, 0.25) is 5.91 Å². The van der Waals surface area contributed by atoms with E-state index in [1.165, 1.54) is 0 Å². The number of nitriles is 1. The first-order chi connectivity index (χ1) is 15.6. The molecule has 5 nitrogen and oxygen atoms in total. The molecule has 156 valence electrons. The van der Waals surface area contributed by atoms with Gasteiger partial charge in [-0.3, -0.25) is 4.79 Å². The zero-order valence-electron chi connectivity index (χ0n) is 17.7. The minimum absolute atomic E-state index is 0.0118. The van der Waals surface area contributed by atoms with Crippen LogP contribution in [0.3, 0.4) is 0 Å². The van der Waals surface area contributed by atoms with Crippen LogP contribution in [0.2, 0.25) is 0 Å². The highest BCUT2D eigenvalue weighted by Gasteiger charge is 2.16. The molecular weight excluding hydrogens is 396 g/mol. The SMILES string of the molecule is Cc1cccc(NC(=O)CNc2nc(-c3ccccc3)cc(-c3ccccc3)c2C#N)c1. The molecule has 0 aliphatic carbocycles. The fourth-order valence-corrected chi connectivity index (χ4v) is 3.48. The fourth-order valence-electron chi connectivity index (χ4n) is 3.48. The normalized spacial score (nSPS) is 10.2. The number of nitrogens with zero attached hydrogens (tertiary/aromatic N) is 2. The van der Waals surface area contributed by atoms with Crippen molar-refractivity contribution in [2.75, 3.05) is 17.2 Å². The highest BCUT2D eigenvalue weighted by molar-refractivity contribution is 5.94. The highest BCUT2D eigenvalue weighted by Crippen LogP contribution is 2.32. The van der Waals surface area contributed by atoms with E-state index in [4.69, 9.17) is 0 Å². The number of carbonyl (C=O) groups excluding carboxylic acids is 1. The summed E-state index contributed by atoms with van der Waals surface area (Å²) in [7, 11) is 0. The molecule has 3 aromatic carbocycles. The summed E-state index contributed by atoms with van der Waals surface area (Å²) < 4.78 is 0. The highest BCUT2D eigenvalue weighted by atomic mass is 16.1. The zero-order chi connectivity index (χ0) is 22.3. The Morgan fingerprint density at radius 2 is 1.59 bits per heavy atom. The standard InChI is InChI=1S/C27H22N4O/c1-19-9-8-14-22(15-19)30-26(32)18-29-27-24(17-28)23(20-10-4-2-5-11-20)16-25(31-27)21-12-6-3-7-13-21/h2-16H,18H2,1H3,(H,29,31)(H,30,32). The summed E-state index contributed by atoms with van der Waals surface area (Å²) in [5.74, 6) is 0.166. The van der Waals surface area contributed by atoms with Crippen molar-refractivity contribution in [1.29, 1.82) is 5.26 Å². The lowest BCUT2D eigenvalue weighted by atomic mass is 9.98. The third kappa shape index (κ3) is 4.82. The lowest BCUT2D eigenvalue weighted by Crippen LogP contribution is -2.22. The van der Waals surface area contributed by atoms with Crippen molar-refractivity contribution in [3.05, 3.63) is 102 Å². The Labute approximate surface area is 187 Å². The van der Waals surface area contributed by atoms with Gasteiger partial charge in [0.15, 0.2) is 0 Å². The molecule has 0 unspecified atom stereocenters. The summed E-state index contributed by atoms with van der Waals surface area (Å²) in [4.78, 5) is 17.2. The second-order valence-electron chi connectivity index (χ2n) is 7.39. The smallest absolute Gasteiger partial charge is 0.243 e. The first kappa shape index (κ1) is 20.8. The molecule has 2 N–H and O–H groups in total. The first-order valence-electron chi connectivity index (χ1n) is 10.3. The minimum atomic E-state index is -0.215. The molecule has 32 heavy (non-hydrogen) atoms. The number of rotatable bonds is 6. The number of anilines is 2. The molecule has 1 aromatic heterocycles. The lowest BCUT2D eigenvalue weighted by molar-refractivity contribution is -0.114. The number of aryl methyl sites for hydroxylation is 1. The largest absolute Gasteiger partial charge is 0.360 e. The molecule has 0 bridgehead atoms. The van der Waals surface area contributed by atoms with Crippen LogP contribution in [0.15, 0.2) is 91.0 Å². The summed E-state index contributed by atoms with van der Waals surface area (Å²) in [5, 5.41) is 15.9. The second kappa shape index (κ2) is 9.59. The quantitative estimate of drug-likeness (QED) is 0.424. The molecule has 0 aliphatic rings. The maximum absolute atomic E-state index is 12.5.